The van der Waals surface area contributed by atoms with Gasteiger partial charge >= 0.3 is 0 Å². The first-order valence-electron chi connectivity index (χ1n) is 7.22. The average molecular weight is 290 g/mol. The Kier molecular flexibility index (Phi) is 4.83. The fourth-order valence-corrected chi connectivity index (χ4v) is 2.67. The van der Waals surface area contributed by atoms with Gasteiger partial charge in [-0.05, 0) is 37.0 Å². The lowest BCUT2D eigenvalue weighted by molar-refractivity contribution is -0.134. The second-order valence-electron chi connectivity index (χ2n) is 5.54. The van der Waals surface area contributed by atoms with Crippen molar-refractivity contribution in [2.75, 3.05) is 20.2 Å². The van der Waals surface area contributed by atoms with Crippen molar-refractivity contribution in [3.8, 4) is 5.75 Å². The van der Waals surface area contributed by atoms with Crippen LogP contribution in [0.25, 0.3) is 0 Å². The zero-order chi connectivity index (χ0) is 15.4. The fraction of sp³-hybridized carbons (Fsp3) is 0.500. The summed E-state index contributed by atoms with van der Waals surface area (Å²) in [5, 5.41) is 0. The molecule has 1 aromatic carbocycles. The maximum Gasteiger partial charge on any atom is 0.226 e. The summed E-state index contributed by atoms with van der Waals surface area (Å²) in [5.74, 6) is 0.537. The Morgan fingerprint density at radius 1 is 1.33 bits per heavy atom. The number of primary amides is 1. The van der Waals surface area contributed by atoms with E-state index in [1.807, 2.05) is 30.0 Å². The maximum atomic E-state index is 12.3. The molecule has 0 unspecified atom stereocenters. The zero-order valence-electron chi connectivity index (χ0n) is 12.6. The summed E-state index contributed by atoms with van der Waals surface area (Å²) in [7, 11) is 1.63. The molecule has 1 aromatic rings. The summed E-state index contributed by atoms with van der Waals surface area (Å²) in [5.41, 5.74) is 7.30. The number of ether oxygens (including phenoxy) is 1. The van der Waals surface area contributed by atoms with Gasteiger partial charge in [-0.15, -0.1) is 0 Å². The number of carbonyl (C=O) groups excluding carboxylic acids is 2. The van der Waals surface area contributed by atoms with E-state index in [0.717, 1.165) is 16.9 Å². The third-order valence-electron chi connectivity index (χ3n) is 4.08. The molecule has 5 nitrogen and oxygen atoms in total. The second-order valence-corrected chi connectivity index (χ2v) is 5.54. The van der Waals surface area contributed by atoms with Crippen molar-refractivity contribution in [2.45, 2.75) is 26.2 Å². The van der Waals surface area contributed by atoms with E-state index in [-0.39, 0.29) is 17.7 Å². The molecule has 1 aliphatic heterocycles. The van der Waals surface area contributed by atoms with Crippen LogP contribution in [-0.4, -0.2) is 36.9 Å². The van der Waals surface area contributed by atoms with E-state index in [0.29, 0.717) is 32.4 Å². The Morgan fingerprint density at radius 2 is 2.00 bits per heavy atom. The van der Waals surface area contributed by atoms with Crippen LogP contribution in [0.3, 0.4) is 0 Å². The molecule has 0 radical (unpaired) electrons. The van der Waals surface area contributed by atoms with Crippen molar-refractivity contribution in [2.24, 2.45) is 11.7 Å². The number of likely N-dealkylation sites (tertiary alicyclic amines) is 1. The van der Waals surface area contributed by atoms with E-state index in [1.54, 1.807) is 7.11 Å². The molecule has 1 saturated heterocycles. The van der Waals surface area contributed by atoms with Crippen LogP contribution < -0.4 is 10.5 Å². The molecule has 0 atom stereocenters. The molecule has 2 N–H and O–H groups in total. The van der Waals surface area contributed by atoms with Crippen molar-refractivity contribution >= 4 is 11.8 Å². The topological polar surface area (TPSA) is 72.6 Å². The van der Waals surface area contributed by atoms with Gasteiger partial charge in [-0.3, -0.25) is 9.59 Å². The van der Waals surface area contributed by atoms with Gasteiger partial charge in [0, 0.05) is 19.0 Å². The van der Waals surface area contributed by atoms with Gasteiger partial charge in [0.1, 0.15) is 5.75 Å². The minimum Gasteiger partial charge on any atom is -0.496 e. The number of benzene rings is 1. The van der Waals surface area contributed by atoms with Gasteiger partial charge < -0.3 is 15.4 Å². The van der Waals surface area contributed by atoms with E-state index < -0.39 is 0 Å². The highest BCUT2D eigenvalue weighted by atomic mass is 16.5. The monoisotopic (exact) mass is 290 g/mol. The van der Waals surface area contributed by atoms with Crippen molar-refractivity contribution in [1.29, 1.82) is 0 Å². The first-order chi connectivity index (χ1) is 10.0. The predicted molar refractivity (Wildman–Crippen MR) is 79.9 cm³/mol. The predicted octanol–water partition coefficient (Wildman–Crippen LogP) is 1.27. The molecule has 0 aliphatic carbocycles. The molecule has 5 heteroatoms. The first kappa shape index (κ1) is 15.4. The van der Waals surface area contributed by atoms with E-state index in [9.17, 15) is 9.59 Å². The first-order valence-corrected chi connectivity index (χ1v) is 7.22. The summed E-state index contributed by atoms with van der Waals surface area (Å²) >= 11 is 0. The van der Waals surface area contributed by atoms with Crippen LogP contribution in [-0.2, 0) is 16.0 Å². The number of hydrogen-bond donors (Lipinski definition) is 1. The summed E-state index contributed by atoms with van der Waals surface area (Å²) in [6.45, 7) is 3.18. The Labute approximate surface area is 125 Å². The normalized spacial score (nSPS) is 15.8. The quantitative estimate of drug-likeness (QED) is 0.907. The number of amides is 2. The van der Waals surface area contributed by atoms with Gasteiger partial charge in [0.05, 0.1) is 13.5 Å². The van der Waals surface area contributed by atoms with Gasteiger partial charge in [0.25, 0.3) is 0 Å². The number of nitrogens with zero attached hydrogens (tertiary/aromatic N) is 1. The Balaban J connectivity index is 1.95. The molecule has 0 saturated carbocycles. The molecule has 2 amide bonds. The minimum absolute atomic E-state index is 0.0869. The van der Waals surface area contributed by atoms with Gasteiger partial charge in [-0.2, -0.15) is 0 Å². The number of carbonyl (C=O) groups is 2. The van der Waals surface area contributed by atoms with E-state index in [1.165, 1.54) is 0 Å². The highest BCUT2D eigenvalue weighted by Gasteiger charge is 2.25. The third-order valence-corrected chi connectivity index (χ3v) is 4.08. The maximum absolute atomic E-state index is 12.3. The lowest BCUT2D eigenvalue weighted by Crippen LogP contribution is -2.42. The lowest BCUT2D eigenvalue weighted by Gasteiger charge is -2.30. The molecule has 2 rings (SSSR count). The average Bonchev–Trinajstić information content (AvgIpc) is 2.49. The summed E-state index contributed by atoms with van der Waals surface area (Å²) < 4.78 is 5.28. The molecule has 0 aromatic heterocycles. The standard InChI is InChI=1S/C16H22N2O3/c1-11-3-4-12(9-14(11)21-2)10-15(19)18-7-5-13(6-8-18)16(17)20/h3-4,9,13H,5-8,10H2,1-2H3,(H2,17,20). The molecule has 114 valence electrons. The Bertz CT molecular complexity index is 534. The molecule has 1 aliphatic rings. The molecule has 0 bridgehead atoms. The lowest BCUT2D eigenvalue weighted by atomic mass is 9.96. The van der Waals surface area contributed by atoms with Gasteiger partial charge in [0.2, 0.25) is 11.8 Å². The van der Waals surface area contributed by atoms with Crippen molar-refractivity contribution in [3.05, 3.63) is 29.3 Å². The van der Waals surface area contributed by atoms with Crippen LogP contribution in [0.2, 0.25) is 0 Å². The van der Waals surface area contributed by atoms with E-state index >= 15 is 0 Å². The Hall–Kier alpha value is -2.04. The summed E-state index contributed by atoms with van der Waals surface area (Å²) in [6.07, 6.45) is 1.69. The third kappa shape index (κ3) is 3.74. The molecular weight excluding hydrogens is 268 g/mol. The molecule has 21 heavy (non-hydrogen) atoms. The number of hydrogen-bond acceptors (Lipinski definition) is 3. The number of piperidine rings is 1. The largest absolute Gasteiger partial charge is 0.496 e. The molecule has 1 heterocycles. The highest BCUT2D eigenvalue weighted by molar-refractivity contribution is 5.80. The van der Waals surface area contributed by atoms with Crippen molar-refractivity contribution in [1.82, 2.24) is 4.90 Å². The van der Waals surface area contributed by atoms with Crippen LogP contribution in [0, 0.1) is 12.8 Å². The number of nitrogens with two attached hydrogens (primary N) is 1. The van der Waals surface area contributed by atoms with E-state index in [2.05, 4.69) is 0 Å². The molecule has 0 spiro atoms. The van der Waals surface area contributed by atoms with Crippen LogP contribution in [0.4, 0.5) is 0 Å². The van der Waals surface area contributed by atoms with Crippen LogP contribution >= 0.6 is 0 Å². The smallest absolute Gasteiger partial charge is 0.226 e. The van der Waals surface area contributed by atoms with Gasteiger partial charge in [-0.25, -0.2) is 0 Å². The highest BCUT2D eigenvalue weighted by Crippen LogP contribution is 2.21. The zero-order valence-corrected chi connectivity index (χ0v) is 12.6. The SMILES string of the molecule is COc1cc(CC(=O)N2CCC(C(N)=O)CC2)ccc1C. The Morgan fingerprint density at radius 3 is 2.57 bits per heavy atom. The van der Waals surface area contributed by atoms with Gasteiger partial charge in [0.15, 0.2) is 0 Å². The summed E-state index contributed by atoms with van der Waals surface area (Å²) in [4.78, 5) is 25.2. The van der Waals surface area contributed by atoms with E-state index in [4.69, 9.17) is 10.5 Å². The van der Waals surface area contributed by atoms with Crippen LogP contribution in [0.5, 0.6) is 5.75 Å². The molecule has 1 fully saturated rings. The number of aryl methyl sites for hydroxylation is 1. The summed E-state index contributed by atoms with van der Waals surface area (Å²) in [6, 6.07) is 5.82. The fourth-order valence-electron chi connectivity index (χ4n) is 2.67. The van der Waals surface area contributed by atoms with Gasteiger partial charge in [-0.1, -0.05) is 12.1 Å². The van der Waals surface area contributed by atoms with Crippen molar-refractivity contribution < 1.29 is 14.3 Å². The number of rotatable bonds is 4. The van der Waals surface area contributed by atoms with Crippen LogP contribution in [0.15, 0.2) is 18.2 Å². The second kappa shape index (κ2) is 6.61. The minimum atomic E-state index is -0.259. The number of methoxy groups -OCH3 is 1. The van der Waals surface area contributed by atoms with Crippen molar-refractivity contribution in [3.63, 3.8) is 0 Å². The molecular formula is C16H22N2O3. The van der Waals surface area contributed by atoms with Crippen LogP contribution in [0.1, 0.15) is 24.0 Å².